The minimum absolute atomic E-state index is 0.210. The van der Waals surface area contributed by atoms with Crippen molar-refractivity contribution in [1.29, 1.82) is 0 Å². The van der Waals surface area contributed by atoms with Crippen molar-refractivity contribution < 1.29 is 9.47 Å². The van der Waals surface area contributed by atoms with E-state index in [1.807, 2.05) is 0 Å². The summed E-state index contributed by atoms with van der Waals surface area (Å²) in [5.74, 6) is 1.58. The number of benzene rings is 2. The molecule has 0 aliphatic carbocycles. The Bertz CT molecular complexity index is 874. The summed E-state index contributed by atoms with van der Waals surface area (Å²) in [7, 11) is 0. The number of ether oxygens (including phenoxy) is 2. The summed E-state index contributed by atoms with van der Waals surface area (Å²) < 4.78 is 14.9. The van der Waals surface area contributed by atoms with Crippen LogP contribution in [0.5, 0.6) is 0 Å². The molecule has 0 spiro atoms. The van der Waals surface area contributed by atoms with Crippen molar-refractivity contribution in [2.75, 3.05) is 13.1 Å². The van der Waals surface area contributed by atoms with Gasteiger partial charge in [-0.2, -0.15) is 0 Å². The van der Waals surface area contributed by atoms with E-state index in [1.165, 1.54) is 8.92 Å². The van der Waals surface area contributed by atoms with E-state index >= 15 is 0 Å². The first kappa shape index (κ1) is 19.7. The van der Waals surface area contributed by atoms with E-state index in [0.717, 1.165) is 22.9 Å². The summed E-state index contributed by atoms with van der Waals surface area (Å²) in [4.78, 5) is 9.29. The van der Waals surface area contributed by atoms with E-state index in [9.17, 15) is 0 Å². The quantitative estimate of drug-likeness (QED) is 0.584. The van der Waals surface area contributed by atoms with Crippen molar-refractivity contribution in [3.8, 4) is 0 Å². The molecule has 2 aliphatic heterocycles. The van der Waals surface area contributed by atoms with Crippen LogP contribution in [-0.4, -0.2) is 62.3 Å². The molecule has 0 radical (unpaired) electrons. The van der Waals surface area contributed by atoms with Gasteiger partial charge in [-0.25, -0.2) is 0 Å². The molecule has 0 atom stereocenters. The number of aliphatic imine (C=N–C) groups is 2. The van der Waals surface area contributed by atoms with Gasteiger partial charge in [-0.3, -0.25) is 0 Å². The summed E-state index contributed by atoms with van der Waals surface area (Å²) >= 11 is 0.625. The van der Waals surface area contributed by atoms with Gasteiger partial charge >= 0.3 is 178 Å². The third-order valence-electron chi connectivity index (χ3n) is 4.41. The summed E-state index contributed by atoms with van der Waals surface area (Å²) in [6, 6.07) is 17.0. The van der Waals surface area contributed by atoms with Crippen LogP contribution < -0.4 is 8.92 Å². The third kappa shape index (κ3) is 4.36. The fraction of sp³-hybridized carbons (Fsp3) is 0.364. The second kappa shape index (κ2) is 7.68. The fourth-order valence-electron chi connectivity index (χ4n) is 2.98. The van der Waals surface area contributed by atoms with Crippen LogP contribution in [0, 0.1) is 0 Å². The number of hydrogen-bond donors (Lipinski definition) is 0. The molecule has 0 amide bonds. The Morgan fingerprint density at radius 3 is 1.43 bits per heavy atom. The second-order valence-corrected chi connectivity index (χ2v) is 14.3. The van der Waals surface area contributed by atoms with Gasteiger partial charge in [0.1, 0.15) is 0 Å². The SMILES string of the molecule is CC1(C)CN=C(c2ccccc2[Se][Se]c2ccccc2C2=NCC(C)(C)O2)O1. The molecule has 4 rings (SSSR count). The number of hydrogen-bond acceptors (Lipinski definition) is 4. The standard InChI is InChI=1S/C22H24N2O2Se2/c1-21(2)13-23-19(25-21)15-9-5-7-11-17(15)27-28-18-12-8-6-10-16(18)20-24-14-22(3,4)26-20/h5-12H,13-14H2,1-4H3. The van der Waals surface area contributed by atoms with Crippen LogP contribution in [0.3, 0.4) is 0 Å². The maximum absolute atomic E-state index is 6.08. The molecule has 0 aromatic heterocycles. The van der Waals surface area contributed by atoms with Gasteiger partial charge in [-0.1, -0.05) is 0 Å². The molecule has 28 heavy (non-hydrogen) atoms. The van der Waals surface area contributed by atoms with Crippen LogP contribution in [0.25, 0.3) is 0 Å². The van der Waals surface area contributed by atoms with Crippen LogP contribution >= 0.6 is 0 Å². The molecule has 0 fully saturated rings. The first-order valence-electron chi connectivity index (χ1n) is 9.33. The zero-order valence-electron chi connectivity index (χ0n) is 16.6. The van der Waals surface area contributed by atoms with Crippen LogP contribution in [0.15, 0.2) is 58.5 Å². The second-order valence-electron chi connectivity index (χ2n) is 8.13. The van der Waals surface area contributed by atoms with E-state index in [2.05, 4.69) is 86.2 Å². The molecule has 146 valence electrons. The van der Waals surface area contributed by atoms with Gasteiger partial charge in [-0.05, 0) is 0 Å². The molecule has 6 heteroatoms. The molecule has 4 nitrogen and oxygen atoms in total. The molecule has 0 unspecified atom stereocenters. The van der Waals surface area contributed by atoms with E-state index < -0.39 is 0 Å². The molecular formula is C22H24N2O2Se2. The topological polar surface area (TPSA) is 43.2 Å². The van der Waals surface area contributed by atoms with E-state index in [-0.39, 0.29) is 11.2 Å². The van der Waals surface area contributed by atoms with Crippen LogP contribution in [0.4, 0.5) is 0 Å². The van der Waals surface area contributed by atoms with Gasteiger partial charge in [0.15, 0.2) is 0 Å². The average molecular weight is 506 g/mol. The molecule has 0 saturated heterocycles. The minimum atomic E-state index is -0.210. The average Bonchev–Trinajstić information content (AvgIpc) is 3.21. The predicted molar refractivity (Wildman–Crippen MR) is 117 cm³/mol. The third-order valence-corrected chi connectivity index (χ3v) is 11.7. The zero-order valence-corrected chi connectivity index (χ0v) is 20.0. The van der Waals surface area contributed by atoms with Crippen molar-refractivity contribution in [2.24, 2.45) is 9.98 Å². The fourth-order valence-corrected chi connectivity index (χ4v) is 10.1. The van der Waals surface area contributed by atoms with Gasteiger partial charge in [0.25, 0.3) is 0 Å². The van der Waals surface area contributed by atoms with Gasteiger partial charge in [-0.15, -0.1) is 0 Å². The van der Waals surface area contributed by atoms with Crippen LogP contribution in [-0.2, 0) is 9.47 Å². The monoisotopic (exact) mass is 508 g/mol. The van der Waals surface area contributed by atoms with Gasteiger partial charge in [0, 0.05) is 0 Å². The molecule has 0 N–H and O–H groups in total. The summed E-state index contributed by atoms with van der Waals surface area (Å²) in [6.07, 6.45) is 0. The zero-order chi connectivity index (χ0) is 19.8. The first-order chi connectivity index (χ1) is 13.3. The summed E-state index contributed by atoms with van der Waals surface area (Å²) in [6.45, 7) is 9.76. The Balaban J connectivity index is 1.54. The number of nitrogens with zero attached hydrogens (tertiary/aromatic N) is 2. The number of rotatable bonds is 5. The van der Waals surface area contributed by atoms with Gasteiger partial charge < -0.3 is 0 Å². The van der Waals surface area contributed by atoms with Crippen molar-refractivity contribution in [1.82, 2.24) is 0 Å². The van der Waals surface area contributed by atoms with Crippen molar-refractivity contribution >= 4 is 47.0 Å². The summed E-state index contributed by atoms with van der Waals surface area (Å²) in [5, 5.41) is 0. The molecule has 2 aromatic carbocycles. The molecule has 2 aliphatic rings. The van der Waals surface area contributed by atoms with Crippen molar-refractivity contribution in [2.45, 2.75) is 38.9 Å². The molecular weight excluding hydrogens is 482 g/mol. The molecule has 0 bridgehead atoms. The van der Waals surface area contributed by atoms with Gasteiger partial charge in [0.2, 0.25) is 0 Å². The molecule has 2 heterocycles. The van der Waals surface area contributed by atoms with Gasteiger partial charge in [0.05, 0.1) is 0 Å². The summed E-state index contributed by atoms with van der Waals surface area (Å²) in [5.41, 5.74) is 1.86. The normalized spacial score (nSPS) is 19.6. The molecule has 2 aromatic rings. The Morgan fingerprint density at radius 1 is 0.679 bits per heavy atom. The van der Waals surface area contributed by atoms with E-state index in [1.54, 1.807) is 0 Å². The van der Waals surface area contributed by atoms with Crippen molar-refractivity contribution in [3.63, 3.8) is 0 Å². The van der Waals surface area contributed by atoms with Crippen molar-refractivity contribution in [3.05, 3.63) is 59.7 Å². The Morgan fingerprint density at radius 2 is 1.07 bits per heavy atom. The first-order valence-corrected chi connectivity index (χ1v) is 15.4. The Labute approximate surface area is 177 Å². The molecule has 0 saturated carbocycles. The van der Waals surface area contributed by atoms with Crippen LogP contribution in [0.2, 0.25) is 0 Å². The van der Waals surface area contributed by atoms with Crippen LogP contribution in [0.1, 0.15) is 38.8 Å². The Hall–Kier alpha value is -1.58. The van der Waals surface area contributed by atoms with E-state index in [4.69, 9.17) is 9.47 Å². The Kier molecular flexibility index (Phi) is 5.41. The predicted octanol–water partition coefficient (Wildman–Crippen LogP) is 2.07. The maximum atomic E-state index is 6.08. The van der Waals surface area contributed by atoms with E-state index in [0.29, 0.717) is 39.4 Å².